The zero-order valence-corrected chi connectivity index (χ0v) is 8.47. The first-order valence-corrected chi connectivity index (χ1v) is 4.42. The number of carbonyl (C=O) groups is 2. The Labute approximate surface area is 87.2 Å². The Balaban J connectivity index is 3.67. The van der Waals surface area contributed by atoms with Crippen molar-refractivity contribution in [1.82, 2.24) is 5.32 Å². The molecule has 0 aliphatic heterocycles. The molecule has 7 heteroatoms. The van der Waals surface area contributed by atoms with Crippen LogP contribution in [0.1, 0.15) is 6.42 Å². The SMILES string of the molecule is COCC(N)C(=O)NCC[C@H](O)C(=O)O. The van der Waals surface area contributed by atoms with Crippen molar-refractivity contribution in [3.05, 3.63) is 0 Å². The molecule has 88 valence electrons. The minimum absolute atomic E-state index is 0.0548. The zero-order chi connectivity index (χ0) is 11.8. The summed E-state index contributed by atoms with van der Waals surface area (Å²) < 4.78 is 4.66. The monoisotopic (exact) mass is 220 g/mol. The van der Waals surface area contributed by atoms with Crippen LogP contribution in [0.15, 0.2) is 0 Å². The van der Waals surface area contributed by atoms with Gasteiger partial charge >= 0.3 is 5.97 Å². The molecule has 0 aliphatic rings. The fraction of sp³-hybridized carbons (Fsp3) is 0.750. The van der Waals surface area contributed by atoms with Gasteiger partial charge in [0.15, 0.2) is 6.10 Å². The smallest absolute Gasteiger partial charge is 0.332 e. The molecule has 0 aliphatic carbocycles. The van der Waals surface area contributed by atoms with Crippen LogP contribution in [-0.4, -0.2) is 54.5 Å². The van der Waals surface area contributed by atoms with Crippen LogP contribution < -0.4 is 11.1 Å². The standard InChI is InChI=1S/C8H16N2O5/c1-15-4-5(9)7(12)10-3-2-6(11)8(13)14/h5-6,11H,2-4,9H2,1H3,(H,10,12)(H,13,14)/t5?,6-/m0/s1. The third-order valence-electron chi connectivity index (χ3n) is 1.69. The van der Waals surface area contributed by atoms with Crippen molar-refractivity contribution in [3.8, 4) is 0 Å². The summed E-state index contributed by atoms with van der Waals surface area (Å²) in [4.78, 5) is 21.3. The van der Waals surface area contributed by atoms with Gasteiger partial charge in [-0.1, -0.05) is 0 Å². The second-order valence-corrected chi connectivity index (χ2v) is 3.00. The molecule has 0 spiro atoms. The highest BCUT2D eigenvalue weighted by Gasteiger charge is 2.15. The number of carboxylic acids is 1. The summed E-state index contributed by atoms with van der Waals surface area (Å²) in [6.45, 7) is 0.150. The van der Waals surface area contributed by atoms with E-state index in [4.69, 9.17) is 15.9 Å². The lowest BCUT2D eigenvalue weighted by Gasteiger charge is -2.11. The molecule has 0 aromatic heterocycles. The maximum absolute atomic E-state index is 11.1. The van der Waals surface area contributed by atoms with Gasteiger partial charge in [-0.25, -0.2) is 4.79 Å². The second kappa shape index (κ2) is 7.16. The molecular formula is C8H16N2O5. The maximum Gasteiger partial charge on any atom is 0.332 e. The maximum atomic E-state index is 11.1. The van der Waals surface area contributed by atoms with Gasteiger partial charge in [-0.3, -0.25) is 4.79 Å². The van der Waals surface area contributed by atoms with Crippen molar-refractivity contribution < 1.29 is 24.5 Å². The fourth-order valence-electron chi connectivity index (χ4n) is 0.842. The van der Waals surface area contributed by atoms with Gasteiger partial charge < -0.3 is 26.0 Å². The van der Waals surface area contributed by atoms with Crippen molar-refractivity contribution in [2.45, 2.75) is 18.6 Å². The summed E-state index contributed by atoms with van der Waals surface area (Å²) >= 11 is 0. The van der Waals surface area contributed by atoms with Gasteiger partial charge in [-0.15, -0.1) is 0 Å². The first-order valence-electron chi connectivity index (χ1n) is 4.42. The molecule has 0 aromatic carbocycles. The lowest BCUT2D eigenvalue weighted by molar-refractivity contribution is -0.147. The number of carbonyl (C=O) groups excluding carboxylic acids is 1. The average Bonchev–Trinajstić information content (AvgIpc) is 2.17. The Hall–Kier alpha value is -1.18. The molecule has 15 heavy (non-hydrogen) atoms. The molecule has 0 radical (unpaired) electrons. The topological polar surface area (TPSA) is 122 Å². The highest BCUT2D eigenvalue weighted by molar-refractivity contribution is 5.81. The van der Waals surface area contributed by atoms with E-state index in [1.54, 1.807) is 0 Å². The van der Waals surface area contributed by atoms with Crippen molar-refractivity contribution in [2.75, 3.05) is 20.3 Å². The Morgan fingerprint density at radius 2 is 2.13 bits per heavy atom. The van der Waals surface area contributed by atoms with Crippen LogP contribution >= 0.6 is 0 Å². The number of aliphatic carboxylic acids is 1. The van der Waals surface area contributed by atoms with E-state index < -0.39 is 24.0 Å². The zero-order valence-electron chi connectivity index (χ0n) is 8.47. The van der Waals surface area contributed by atoms with Crippen LogP contribution in [0.4, 0.5) is 0 Å². The van der Waals surface area contributed by atoms with Crippen molar-refractivity contribution in [3.63, 3.8) is 0 Å². The summed E-state index contributed by atoms with van der Waals surface area (Å²) in [5.74, 6) is -1.75. The molecule has 0 saturated heterocycles. The van der Waals surface area contributed by atoms with Crippen molar-refractivity contribution >= 4 is 11.9 Å². The average molecular weight is 220 g/mol. The Morgan fingerprint density at radius 3 is 2.60 bits per heavy atom. The number of amides is 1. The number of aliphatic hydroxyl groups excluding tert-OH is 1. The van der Waals surface area contributed by atoms with Gasteiger partial charge in [0, 0.05) is 20.1 Å². The van der Waals surface area contributed by atoms with Gasteiger partial charge in [-0.2, -0.15) is 0 Å². The van der Waals surface area contributed by atoms with Gasteiger partial charge in [0.1, 0.15) is 6.04 Å². The summed E-state index contributed by atoms with van der Waals surface area (Å²) in [5, 5.41) is 19.6. The number of hydrogen-bond acceptors (Lipinski definition) is 5. The Kier molecular flexibility index (Phi) is 6.59. The van der Waals surface area contributed by atoms with Crippen LogP contribution in [0.2, 0.25) is 0 Å². The molecule has 0 bridgehead atoms. The van der Waals surface area contributed by atoms with Crippen LogP contribution in [0, 0.1) is 0 Å². The first kappa shape index (κ1) is 13.8. The molecule has 0 rings (SSSR count). The van der Waals surface area contributed by atoms with Crippen LogP contribution in [-0.2, 0) is 14.3 Å². The van der Waals surface area contributed by atoms with E-state index in [2.05, 4.69) is 10.1 Å². The number of methoxy groups -OCH3 is 1. The molecule has 0 heterocycles. The molecular weight excluding hydrogens is 204 g/mol. The largest absolute Gasteiger partial charge is 0.479 e. The van der Waals surface area contributed by atoms with Gasteiger partial charge in [0.25, 0.3) is 0 Å². The fourth-order valence-corrected chi connectivity index (χ4v) is 0.842. The lowest BCUT2D eigenvalue weighted by Crippen LogP contribution is -2.44. The van der Waals surface area contributed by atoms with E-state index in [1.807, 2.05) is 0 Å². The molecule has 5 N–H and O–H groups in total. The summed E-state index contributed by atoms with van der Waals surface area (Å²) in [6.07, 6.45) is -1.52. The van der Waals surface area contributed by atoms with E-state index >= 15 is 0 Å². The minimum atomic E-state index is -1.47. The third-order valence-corrected chi connectivity index (χ3v) is 1.69. The number of rotatable bonds is 7. The number of hydrogen-bond donors (Lipinski definition) is 4. The lowest BCUT2D eigenvalue weighted by atomic mass is 10.2. The van der Waals surface area contributed by atoms with Crippen molar-refractivity contribution in [1.29, 1.82) is 0 Å². The van der Waals surface area contributed by atoms with Gasteiger partial charge in [0.05, 0.1) is 6.61 Å². The van der Waals surface area contributed by atoms with Gasteiger partial charge in [0.2, 0.25) is 5.91 Å². The molecule has 1 amide bonds. The minimum Gasteiger partial charge on any atom is -0.479 e. The summed E-state index contributed by atoms with van der Waals surface area (Å²) in [5.41, 5.74) is 5.39. The second-order valence-electron chi connectivity index (χ2n) is 3.00. The Bertz CT molecular complexity index is 221. The normalized spacial score (nSPS) is 14.3. The van der Waals surface area contributed by atoms with Gasteiger partial charge in [-0.05, 0) is 0 Å². The van der Waals surface area contributed by atoms with E-state index in [1.165, 1.54) is 7.11 Å². The summed E-state index contributed by atoms with van der Waals surface area (Å²) in [6, 6.07) is -0.781. The molecule has 0 saturated carbocycles. The molecule has 2 atom stereocenters. The molecule has 1 unspecified atom stereocenters. The molecule has 7 nitrogen and oxygen atoms in total. The van der Waals surface area contributed by atoms with E-state index in [-0.39, 0.29) is 19.6 Å². The van der Waals surface area contributed by atoms with Crippen LogP contribution in [0.3, 0.4) is 0 Å². The number of nitrogens with two attached hydrogens (primary N) is 1. The predicted octanol–water partition coefficient (Wildman–Crippen LogP) is -2.09. The number of aliphatic hydroxyl groups is 1. The van der Waals surface area contributed by atoms with Crippen LogP contribution in [0.5, 0.6) is 0 Å². The van der Waals surface area contributed by atoms with E-state index in [0.29, 0.717) is 0 Å². The predicted molar refractivity (Wildman–Crippen MR) is 51.1 cm³/mol. The number of ether oxygens (including phenoxy) is 1. The number of carboxylic acid groups (broad SMARTS) is 1. The highest BCUT2D eigenvalue weighted by atomic mass is 16.5. The number of nitrogens with one attached hydrogen (secondary N) is 1. The molecule has 0 fully saturated rings. The third kappa shape index (κ3) is 6.00. The highest BCUT2D eigenvalue weighted by Crippen LogP contribution is 1.90. The Morgan fingerprint density at radius 1 is 1.53 bits per heavy atom. The molecule has 0 aromatic rings. The first-order chi connectivity index (χ1) is 6.99. The van der Waals surface area contributed by atoms with E-state index in [0.717, 1.165) is 0 Å². The van der Waals surface area contributed by atoms with E-state index in [9.17, 15) is 9.59 Å². The van der Waals surface area contributed by atoms with Crippen LogP contribution in [0.25, 0.3) is 0 Å². The van der Waals surface area contributed by atoms with Crippen molar-refractivity contribution in [2.24, 2.45) is 5.73 Å². The summed E-state index contributed by atoms with van der Waals surface area (Å²) in [7, 11) is 1.42. The quantitative estimate of drug-likeness (QED) is 0.390.